The summed E-state index contributed by atoms with van der Waals surface area (Å²) in [5.41, 5.74) is 12.8. The van der Waals surface area contributed by atoms with E-state index in [0.29, 0.717) is 34.1 Å². The molecular weight excluding hydrogens is 933 g/mol. The van der Waals surface area contributed by atoms with Crippen LogP contribution in [0.25, 0.3) is 46.6 Å². The van der Waals surface area contributed by atoms with Crippen LogP contribution in [0.4, 0.5) is 17.6 Å². The molecule has 0 unspecified atom stereocenters. The van der Waals surface area contributed by atoms with Crippen molar-refractivity contribution in [1.29, 1.82) is 0 Å². The van der Waals surface area contributed by atoms with Gasteiger partial charge in [-0.3, -0.25) is 0 Å². The van der Waals surface area contributed by atoms with Crippen LogP contribution in [0.1, 0.15) is 66.8 Å². The third-order valence-electron chi connectivity index (χ3n) is 12.7. The fourth-order valence-electron chi connectivity index (χ4n) is 8.88. The van der Waals surface area contributed by atoms with Gasteiger partial charge in [-0.05, 0) is 164 Å². The lowest BCUT2D eigenvalue weighted by Crippen LogP contribution is -1.97. The maximum Gasteiger partial charge on any atom is 0.126 e. The summed E-state index contributed by atoms with van der Waals surface area (Å²) in [7, 11) is 6.41. The molecule has 0 saturated carbocycles. The molecule has 0 spiro atoms. The third kappa shape index (κ3) is 11.5. The van der Waals surface area contributed by atoms with E-state index in [0.717, 1.165) is 77.9 Å². The molecule has 9 rings (SSSR count). The molecule has 366 valence electrons. The van der Waals surface area contributed by atoms with E-state index in [1.807, 2.05) is 133 Å². The highest BCUT2D eigenvalue weighted by molar-refractivity contribution is 5.98. The Balaban J connectivity index is 1.14. The second-order valence-corrected chi connectivity index (χ2v) is 17.2. The lowest BCUT2D eigenvalue weighted by Gasteiger charge is -2.17. The number of hydrogen-bond donors (Lipinski definition) is 0. The summed E-state index contributed by atoms with van der Waals surface area (Å²) in [6.45, 7) is 0. The Bertz CT molecular complexity index is 3270. The first-order valence-electron chi connectivity index (χ1n) is 23.8. The summed E-state index contributed by atoms with van der Waals surface area (Å²) in [4.78, 5) is 0. The lowest BCUT2D eigenvalue weighted by atomic mass is 9.90. The molecule has 0 aliphatic heterocycles. The van der Waals surface area contributed by atoms with Crippen LogP contribution < -0.4 is 18.9 Å². The van der Waals surface area contributed by atoms with Crippen LogP contribution in [0.2, 0.25) is 0 Å². The van der Waals surface area contributed by atoms with Crippen molar-refractivity contribution in [1.82, 2.24) is 0 Å². The van der Waals surface area contributed by atoms with Gasteiger partial charge in [0.05, 0.1) is 28.4 Å². The van der Waals surface area contributed by atoms with Crippen LogP contribution in [-0.2, 0) is 0 Å². The van der Waals surface area contributed by atoms with E-state index in [-0.39, 0.29) is 23.3 Å². The van der Waals surface area contributed by atoms with E-state index in [1.54, 1.807) is 77.0 Å². The Labute approximate surface area is 429 Å². The molecule has 0 radical (unpaired) electrons. The van der Waals surface area contributed by atoms with E-state index in [9.17, 15) is 17.6 Å². The van der Waals surface area contributed by atoms with Gasteiger partial charge in [-0.25, -0.2) is 17.6 Å². The van der Waals surface area contributed by atoms with Gasteiger partial charge in [-0.2, -0.15) is 0 Å². The molecule has 9 aromatic carbocycles. The van der Waals surface area contributed by atoms with Crippen molar-refractivity contribution in [2.24, 2.45) is 0 Å². The molecule has 0 N–H and O–H groups in total. The van der Waals surface area contributed by atoms with Crippen LogP contribution in [0.15, 0.2) is 206 Å². The fraction of sp³-hybridized carbons (Fsp3) is 0.0606. The second kappa shape index (κ2) is 22.9. The highest BCUT2D eigenvalue weighted by atomic mass is 19.1. The topological polar surface area (TPSA) is 36.9 Å². The maximum absolute atomic E-state index is 14.5. The minimum Gasteiger partial charge on any atom is -0.496 e. The average molecular weight is 983 g/mol. The molecule has 8 heteroatoms. The van der Waals surface area contributed by atoms with Gasteiger partial charge in [-0.1, -0.05) is 133 Å². The van der Waals surface area contributed by atoms with E-state index in [1.165, 1.54) is 48.5 Å². The van der Waals surface area contributed by atoms with E-state index >= 15 is 0 Å². The summed E-state index contributed by atoms with van der Waals surface area (Å²) in [5.74, 6) is 0.839. The van der Waals surface area contributed by atoms with Crippen molar-refractivity contribution < 1.29 is 36.5 Å². The summed E-state index contributed by atoms with van der Waals surface area (Å²) in [5, 5.41) is 0. The minimum absolute atomic E-state index is 0.329. The number of rotatable bonds is 16. The Hall–Kier alpha value is -9.14. The van der Waals surface area contributed by atoms with Crippen LogP contribution >= 0.6 is 0 Å². The zero-order valence-corrected chi connectivity index (χ0v) is 41.1. The monoisotopic (exact) mass is 982 g/mol. The Morgan fingerprint density at radius 1 is 0.257 bits per heavy atom. The predicted molar refractivity (Wildman–Crippen MR) is 292 cm³/mol. The van der Waals surface area contributed by atoms with Crippen LogP contribution in [0, 0.1) is 23.3 Å². The largest absolute Gasteiger partial charge is 0.496 e. The van der Waals surface area contributed by atoms with Crippen molar-refractivity contribution in [3.63, 3.8) is 0 Å². The van der Waals surface area contributed by atoms with Crippen molar-refractivity contribution in [2.75, 3.05) is 28.4 Å². The first kappa shape index (κ1) is 49.8. The van der Waals surface area contributed by atoms with Gasteiger partial charge >= 0.3 is 0 Å². The first-order chi connectivity index (χ1) is 36.1. The van der Waals surface area contributed by atoms with Gasteiger partial charge in [0.1, 0.15) is 46.3 Å². The summed E-state index contributed by atoms with van der Waals surface area (Å²) in [6.07, 6.45) is 7.97. The molecule has 0 aliphatic rings. The number of halogens is 4. The van der Waals surface area contributed by atoms with Crippen LogP contribution in [0.5, 0.6) is 23.0 Å². The van der Waals surface area contributed by atoms with Crippen molar-refractivity contribution >= 4 is 46.6 Å². The molecule has 0 atom stereocenters. The zero-order valence-electron chi connectivity index (χ0n) is 41.1. The highest BCUT2D eigenvalue weighted by Crippen LogP contribution is 2.40. The summed E-state index contributed by atoms with van der Waals surface area (Å²) in [6, 6.07) is 60.6. The molecule has 0 amide bonds. The molecule has 0 aliphatic carbocycles. The van der Waals surface area contributed by atoms with Crippen LogP contribution in [0.3, 0.4) is 0 Å². The number of ether oxygens (including phenoxy) is 4. The van der Waals surface area contributed by atoms with Gasteiger partial charge in [0, 0.05) is 22.3 Å². The molecule has 0 aromatic heterocycles. The minimum atomic E-state index is -0.371. The maximum atomic E-state index is 14.5. The first-order valence-corrected chi connectivity index (χ1v) is 23.8. The highest BCUT2D eigenvalue weighted by Gasteiger charge is 2.18. The van der Waals surface area contributed by atoms with Gasteiger partial charge in [0.25, 0.3) is 0 Å². The molecule has 0 heterocycles. The van der Waals surface area contributed by atoms with Gasteiger partial charge in [0.2, 0.25) is 0 Å². The van der Waals surface area contributed by atoms with Crippen molar-refractivity contribution in [3.8, 4) is 23.0 Å². The Morgan fingerprint density at radius 3 is 0.622 bits per heavy atom. The average Bonchev–Trinajstić information content (AvgIpc) is 3.44. The SMILES string of the molecule is COc1cc(/C=C(\c2ccc(F)cc2)c2ccc(/C(=C/c3cc(OC)c(/C=C(\c4ccccc4)c4ccc(F)cc4)cc3OC)c3ccc(F)cc3)cc2)c(OC)cc1/C=C(/c1ccccc1)c1ccc(F)cc1. The molecule has 9 aromatic rings. The third-order valence-corrected chi connectivity index (χ3v) is 12.7. The lowest BCUT2D eigenvalue weighted by molar-refractivity contribution is 0.401. The van der Waals surface area contributed by atoms with Gasteiger partial charge < -0.3 is 18.9 Å². The van der Waals surface area contributed by atoms with E-state index in [2.05, 4.69) is 0 Å². The standard InChI is InChI=1S/C66H50F4O4/c1-71-63-41-53(65(73-3)39-51(63)35-59(43-11-7-5-8-12-43)47-19-27-55(67)28-20-47)37-61(49-23-31-57(69)32-24-49)45-15-17-46(18-16-45)62(50-25-33-58(70)34-26-50)38-54-42-64(72-2)52(40-66(54)74-4)36-60(44-13-9-6-10-14-44)48-21-29-56(68)30-22-48/h5-42H,1-4H3/b59-35-,60-36+,61-37-,62-38-. The van der Waals surface area contributed by atoms with Gasteiger partial charge in [0.15, 0.2) is 0 Å². The van der Waals surface area contributed by atoms with Crippen molar-refractivity contribution in [3.05, 3.63) is 296 Å². The second-order valence-electron chi connectivity index (χ2n) is 17.2. The molecular formula is C66H50F4O4. The summed E-state index contributed by atoms with van der Waals surface area (Å²) < 4.78 is 81.3. The molecule has 0 fully saturated rings. The number of hydrogen-bond acceptors (Lipinski definition) is 4. The molecule has 74 heavy (non-hydrogen) atoms. The zero-order chi connectivity index (χ0) is 51.6. The molecule has 0 bridgehead atoms. The van der Waals surface area contributed by atoms with Gasteiger partial charge in [-0.15, -0.1) is 0 Å². The van der Waals surface area contributed by atoms with E-state index < -0.39 is 0 Å². The quantitative estimate of drug-likeness (QED) is 0.0714. The summed E-state index contributed by atoms with van der Waals surface area (Å²) >= 11 is 0. The normalized spacial score (nSPS) is 12.1. The Kier molecular flexibility index (Phi) is 15.5. The predicted octanol–water partition coefficient (Wildman–Crippen LogP) is 16.6. The number of benzene rings is 9. The van der Waals surface area contributed by atoms with E-state index in [4.69, 9.17) is 18.9 Å². The van der Waals surface area contributed by atoms with Crippen molar-refractivity contribution in [2.45, 2.75) is 0 Å². The molecule has 4 nitrogen and oxygen atoms in total. The Morgan fingerprint density at radius 2 is 0.432 bits per heavy atom. The molecule has 0 saturated heterocycles. The fourth-order valence-corrected chi connectivity index (χ4v) is 8.88. The smallest absolute Gasteiger partial charge is 0.126 e. The van der Waals surface area contributed by atoms with Crippen LogP contribution in [-0.4, -0.2) is 28.4 Å². The number of methoxy groups -OCH3 is 4.